The van der Waals surface area contributed by atoms with E-state index in [1.54, 1.807) is 13.8 Å². The summed E-state index contributed by atoms with van der Waals surface area (Å²) in [6.45, 7) is 3.49. The third-order valence-corrected chi connectivity index (χ3v) is 9.53. The lowest BCUT2D eigenvalue weighted by Gasteiger charge is -2.27. The number of carboxylic acid groups (broad SMARTS) is 2. The molecular formula is C22H36N2O10S2. The highest BCUT2D eigenvalue weighted by Gasteiger charge is 2.51. The van der Waals surface area contributed by atoms with Crippen LogP contribution >= 0.6 is 21.6 Å². The van der Waals surface area contributed by atoms with Gasteiger partial charge in [0.1, 0.15) is 12.1 Å². The SMILES string of the molecule is COC1(OC)C[C@@H](C(=O)O)N(C(=O)C(C)CSSCC(C)C(=O)N2CC(OC)(OC)C[C@H]2C(=O)O)C1. The molecular weight excluding hydrogens is 516 g/mol. The molecule has 2 fully saturated rings. The average Bonchev–Trinajstić information content (AvgIpc) is 3.46. The van der Waals surface area contributed by atoms with E-state index >= 15 is 0 Å². The Bertz CT molecular complexity index is 755. The number of hydrogen-bond donors (Lipinski definition) is 2. The van der Waals surface area contributed by atoms with Crippen molar-refractivity contribution in [3.63, 3.8) is 0 Å². The van der Waals surface area contributed by atoms with Crippen molar-refractivity contribution in [1.82, 2.24) is 9.80 Å². The molecule has 206 valence electrons. The molecule has 2 rings (SSSR count). The summed E-state index contributed by atoms with van der Waals surface area (Å²) >= 11 is 0. The van der Waals surface area contributed by atoms with Crippen molar-refractivity contribution in [2.24, 2.45) is 11.8 Å². The molecule has 36 heavy (non-hydrogen) atoms. The normalized spacial score (nSPS) is 24.5. The molecule has 2 heterocycles. The van der Waals surface area contributed by atoms with E-state index < -0.39 is 47.4 Å². The van der Waals surface area contributed by atoms with E-state index in [-0.39, 0.29) is 37.7 Å². The molecule has 2 unspecified atom stereocenters. The average molecular weight is 553 g/mol. The molecule has 12 nitrogen and oxygen atoms in total. The lowest BCUT2D eigenvalue weighted by atomic mass is 10.1. The highest BCUT2D eigenvalue weighted by atomic mass is 33.1. The van der Waals surface area contributed by atoms with Gasteiger partial charge in [-0.25, -0.2) is 9.59 Å². The molecule has 0 saturated carbocycles. The van der Waals surface area contributed by atoms with Crippen LogP contribution in [-0.2, 0) is 38.1 Å². The molecule has 2 N–H and O–H groups in total. The molecule has 2 aliphatic rings. The topological polar surface area (TPSA) is 152 Å². The van der Waals surface area contributed by atoms with Crippen LogP contribution in [0, 0.1) is 11.8 Å². The summed E-state index contributed by atoms with van der Waals surface area (Å²) in [5.74, 6) is -5.30. The maximum absolute atomic E-state index is 13.0. The largest absolute Gasteiger partial charge is 0.480 e. The predicted molar refractivity (Wildman–Crippen MR) is 132 cm³/mol. The third kappa shape index (κ3) is 6.64. The molecule has 0 spiro atoms. The summed E-state index contributed by atoms with van der Waals surface area (Å²) in [5, 5.41) is 19.1. The fourth-order valence-electron chi connectivity index (χ4n) is 4.35. The van der Waals surface area contributed by atoms with Gasteiger partial charge in [0.2, 0.25) is 11.8 Å². The van der Waals surface area contributed by atoms with Gasteiger partial charge in [-0.05, 0) is 0 Å². The van der Waals surface area contributed by atoms with Crippen LogP contribution in [0.25, 0.3) is 0 Å². The fourth-order valence-corrected chi connectivity index (χ4v) is 7.04. The van der Waals surface area contributed by atoms with Crippen LogP contribution in [0.5, 0.6) is 0 Å². The van der Waals surface area contributed by atoms with E-state index in [0.717, 1.165) is 0 Å². The Balaban J connectivity index is 1.89. The van der Waals surface area contributed by atoms with E-state index in [9.17, 15) is 29.4 Å². The zero-order chi connectivity index (χ0) is 27.3. The summed E-state index contributed by atoms with van der Waals surface area (Å²) in [4.78, 5) is 52.0. The minimum absolute atomic E-state index is 0.0223. The van der Waals surface area contributed by atoms with Crippen LogP contribution in [0.3, 0.4) is 0 Å². The lowest BCUT2D eigenvalue weighted by molar-refractivity contribution is -0.197. The number of carbonyl (C=O) groups excluding carboxylic acids is 2. The molecule has 0 aliphatic carbocycles. The van der Waals surface area contributed by atoms with Crippen molar-refractivity contribution in [2.75, 3.05) is 53.0 Å². The Morgan fingerprint density at radius 2 is 1.06 bits per heavy atom. The van der Waals surface area contributed by atoms with Crippen molar-refractivity contribution in [1.29, 1.82) is 0 Å². The third-order valence-electron chi connectivity index (χ3n) is 6.77. The summed E-state index contributed by atoms with van der Waals surface area (Å²) in [5.41, 5.74) is 0. The van der Waals surface area contributed by atoms with Crippen LogP contribution in [0.1, 0.15) is 26.7 Å². The van der Waals surface area contributed by atoms with Gasteiger partial charge in [0.05, 0.1) is 13.1 Å². The molecule has 2 saturated heterocycles. The first-order chi connectivity index (χ1) is 16.9. The first-order valence-electron chi connectivity index (χ1n) is 11.4. The van der Waals surface area contributed by atoms with Gasteiger partial charge < -0.3 is 39.0 Å². The zero-order valence-electron chi connectivity index (χ0n) is 21.4. The quantitative estimate of drug-likeness (QED) is 0.190. The van der Waals surface area contributed by atoms with Crippen LogP contribution in [0.15, 0.2) is 0 Å². The van der Waals surface area contributed by atoms with Gasteiger partial charge >= 0.3 is 11.9 Å². The minimum atomic E-state index is -1.15. The number of ether oxygens (including phenoxy) is 4. The smallest absolute Gasteiger partial charge is 0.326 e. The number of rotatable bonds is 13. The molecule has 0 aromatic carbocycles. The second-order valence-corrected chi connectivity index (χ2v) is 11.6. The Morgan fingerprint density at radius 3 is 1.31 bits per heavy atom. The number of hydrogen-bond acceptors (Lipinski definition) is 10. The first-order valence-corrected chi connectivity index (χ1v) is 13.9. The fraction of sp³-hybridized carbons (Fsp3) is 0.818. The van der Waals surface area contributed by atoms with E-state index in [1.807, 2.05) is 0 Å². The van der Waals surface area contributed by atoms with Crippen molar-refractivity contribution in [2.45, 2.75) is 50.3 Å². The van der Waals surface area contributed by atoms with E-state index in [4.69, 9.17) is 18.9 Å². The van der Waals surface area contributed by atoms with Crippen LogP contribution < -0.4 is 0 Å². The molecule has 0 radical (unpaired) electrons. The number of likely N-dealkylation sites (tertiary alicyclic amines) is 2. The Morgan fingerprint density at radius 1 is 0.750 bits per heavy atom. The molecule has 0 aromatic rings. The monoisotopic (exact) mass is 552 g/mol. The number of amides is 2. The van der Waals surface area contributed by atoms with Crippen LogP contribution in [0.4, 0.5) is 0 Å². The maximum atomic E-state index is 13.0. The van der Waals surface area contributed by atoms with Crippen LogP contribution in [0.2, 0.25) is 0 Å². The first kappa shape index (κ1) is 30.6. The van der Waals surface area contributed by atoms with Crippen molar-refractivity contribution < 1.29 is 48.3 Å². The summed E-state index contributed by atoms with van der Waals surface area (Å²) in [6, 6.07) is -2.08. The number of carboxylic acids is 2. The second-order valence-electron chi connectivity index (χ2n) is 9.06. The predicted octanol–water partition coefficient (Wildman–Crippen LogP) is 0.989. The van der Waals surface area contributed by atoms with E-state index in [0.29, 0.717) is 11.5 Å². The second kappa shape index (κ2) is 12.8. The van der Waals surface area contributed by atoms with Crippen molar-refractivity contribution in [3.05, 3.63) is 0 Å². The van der Waals surface area contributed by atoms with E-state index in [1.165, 1.54) is 59.8 Å². The number of carbonyl (C=O) groups is 4. The van der Waals surface area contributed by atoms with Gasteiger partial charge in [-0.15, -0.1) is 0 Å². The van der Waals surface area contributed by atoms with Gasteiger partial charge in [-0.1, -0.05) is 35.4 Å². The zero-order valence-corrected chi connectivity index (χ0v) is 23.1. The van der Waals surface area contributed by atoms with Gasteiger partial charge in [-0.3, -0.25) is 9.59 Å². The molecule has 0 aromatic heterocycles. The maximum Gasteiger partial charge on any atom is 0.326 e. The number of aliphatic carboxylic acids is 2. The highest BCUT2D eigenvalue weighted by molar-refractivity contribution is 8.76. The lowest BCUT2D eigenvalue weighted by Crippen LogP contribution is -2.45. The summed E-state index contributed by atoms with van der Waals surface area (Å²) < 4.78 is 21.4. The van der Waals surface area contributed by atoms with Gasteiger partial charge in [0, 0.05) is 64.6 Å². The van der Waals surface area contributed by atoms with E-state index in [2.05, 4.69) is 0 Å². The van der Waals surface area contributed by atoms with Gasteiger partial charge in [0.15, 0.2) is 11.6 Å². The van der Waals surface area contributed by atoms with Gasteiger partial charge in [0.25, 0.3) is 0 Å². The molecule has 2 amide bonds. The van der Waals surface area contributed by atoms with Crippen LogP contribution in [-0.4, -0.2) is 120 Å². The number of nitrogens with zero attached hydrogens (tertiary/aromatic N) is 2. The highest BCUT2D eigenvalue weighted by Crippen LogP contribution is 2.35. The summed E-state index contributed by atoms with van der Waals surface area (Å²) in [7, 11) is 8.46. The Hall–Kier alpha value is -1.58. The Labute approximate surface area is 218 Å². The molecule has 0 bridgehead atoms. The minimum Gasteiger partial charge on any atom is -0.480 e. The summed E-state index contributed by atoms with van der Waals surface area (Å²) in [6.07, 6.45) is 0.0765. The van der Waals surface area contributed by atoms with Crippen molar-refractivity contribution >= 4 is 45.3 Å². The van der Waals surface area contributed by atoms with Gasteiger partial charge in [-0.2, -0.15) is 0 Å². The standard InChI is InChI=1S/C22H36N2O10S2/c1-13(17(25)23-11-21(31-3,32-4)7-15(23)19(27)28)9-35-36-10-14(2)18(26)24-12-22(33-5,34-6)8-16(24)20(29)30/h13-16H,7-12H2,1-6H3,(H,27,28)(H,29,30)/t13?,14?,15-,16-/m0/s1. The molecule has 2 aliphatic heterocycles. The van der Waals surface area contributed by atoms with Crippen molar-refractivity contribution in [3.8, 4) is 0 Å². The number of methoxy groups -OCH3 is 4. The molecule has 4 atom stereocenters. The molecule has 14 heteroatoms. The Kier molecular flexibility index (Phi) is 10.9.